The number of nitrogens with one attached hydrogen (secondary N) is 1. The summed E-state index contributed by atoms with van der Waals surface area (Å²) in [5, 5.41) is 3.70. The summed E-state index contributed by atoms with van der Waals surface area (Å²) in [6.45, 7) is 3.33. The van der Waals surface area contributed by atoms with Crippen LogP contribution >= 0.6 is 0 Å². The summed E-state index contributed by atoms with van der Waals surface area (Å²) in [5.74, 6) is 0. The van der Waals surface area contributed by atoms with Gasteiger partial charge in [-0.15, -0.1) is 0 Å². The maximum Gasteiger partial charge on any atom is 0.0538 e. The Labute approximate surface area is 104 Å². The van der Waals surface area contributed by atoms with Gasteiger partial charge in [0.2, 0.25) is 0 Å². The molecule has 1 heteroatoms. The molecule has 90 valence electrons. The van der Waals surface area contributed by atoms with E-state index in [9.17, 15) is 0 Å². The second-order valence-corrected chi connectivity index (χ2v) is 5.39. The van der Waals surface area contributed by atoms with Crippen molar-refractivity contribution in [3.05, 3.63) is 46.5 Å². The molecule has 0 aromatic heterocycles. The molecule has 3 rings (SSSR count). The highest BCUT2D eigenvalue weighted by Crippen LogP contribution is 2.38. The maximum atomic E-state index is 3.70. The van der Waals surface area contributed by atoms with Crippen molar-refractivity contribution in [3.63, 3.8) is 0 Å². The molecule has 1 aliphatic heterocycles. The third-order valence-electron chi connectivity index (χ3n) is 4.13. The highest BCUT2D eigenvalue weighted by Gasteiger charge is 2.25. The molecular weight excluding hydrogens is 206 g/mol. The van der Waals surface area contributed by atoms with Gasteiger partial charge in [-0.25, -0.2) is 0 Å². The Balaban J connectivity index is 1.97. The van der Waals surface area contributed by atoms with Crippen LogP contribution in [0.2, 0.25) is 0 Å². The molecule has 1 atom stereocenters. The van der Waals surface area contributed by atoms with E-state index in [0.717, 1.165) is 6.54 Å². The van der Waals surface area contributed by atoms with Crippen molar-refractivity contribution in [1.82, 2.24) is 5.32 Å². The lowest BCUT2D eigenvalue weighted by Gasteiger charge is -2.33. The van der Waals surface area contributed by atoms with Crippen LogP contribution in [0.4, 0.5) is 0 Å². The molecule has 1 aromatic rings. The van der Waals surface area contributed by atoms with Crippen molar-refractivity contribution in [1.29, 1.82) is 0 Å². The van der Waals surface area contributed by atoms with Gasteiger partial charge in [0.25, 0.3) is 0 Å². The van der Waals surface area contributed by atoms with Crippen molar-refractivity contribution >= 4 is 0 Å². The Hall–Kier alpha value is -1.08. The van der Waals surface area contributed by atoms with E-state index in [4.69, 9.17) is 0 Å². The van der Waals surface area contributed by atoms with Crippen LogP contribution in [0, 0.1) is 6.92 Å². The van der Waals surface area contributed by atoms with E-state index in [0.29, 0.717) is 6.04 Å². The number of rotatable bonds is 1. The molecule has 0 spiro atoms. The molecule has 1 N–H and O–H groups in total. The predicted molar refractivity (Wildman–Crippen MR) is 72.0 cm³/mol. The summed E-state index contributed by atoms with van der Waals surface area (Å²) in [6, 6.07) is 9.48. The number of hydrogen-bond acceptors (Lipinski definition) is 1. The van der Waals surface area contributed by atoms with E-state index in [1.165, 1.54) is 43.2 Å². The van der Waals surface area contributed by atoms with E-state index in [-0.39, 0.29) is 0 Å². The zero-order valence-corrected chi connectivity index (χ0v) is 10.6. The molecule has 1 aromatic carbocycles. The summed E-state index contributed by atoms with van der Waals surface area (Å²) in [7, 11) is 0. The van der Waals surface area contributed by atoms with Crippen LogP contribution in [0.25, 0.3) is 0 Å². The van der Waals surface area contributed by atoms with Crippen LogP contribution < -0.4 is 5.32 Å². The van der Waals surface area contributed by atoms with Crippen molar-refractivity contribution in [2.45, 2.75) is 45.1 Å². The molecule has 17 heavy (non-hydrogen) atoms. The molecule has 1 heterocycles. The fourth-order valence-electron chi connectivity index (χ4n) is 3.28. The van der Waals surface area contributed by atoms with E-state index in [2.05, 4.69) is 36.5 Å². The van der Waals surface area contributed by atoms with Gasteiger partial charge in [-0.2, -0.15) is 0 Å². The molecule has 0 saturated carbocycles. The van der Waals surface area contributed by atoms with Gasteiger partial charge in [-0.05, 0) is 56.7 Å². The highest BCUT2D eigenvalue weighted by atomic mass is 14.9. The topological polar surface area (TPSA) is 12.0 Å². The SMILES string of the molecule is Cc1cccc(C2NCCC3=C2CCCC3)c1. The first-order chi connectivity index (χ1) is 8.34. The minimum absolute atomic E-state index is 0.499. The van der Waals surface area contributed by atoms with Crippen molar-refractivity contribution < 1.29 is 0 Å². The minimum atomic E-state index is 0.499. The first kappa shape index (κ1) is 11.0. The Kier molecular flexibility index (Phi) is 3.02. The van der Waals surface area contributed by atoms with E-state index in [1.807, 2.05) is 0 Å². The lowest BCUT2D eigenvalue weighted by molar-refractivity contribution is 0.489. The summed E-state index contributed by atoms with van der Waals surface area (Å²) in [6.07, 6.45) is 6.71. The van der Waals surface area contributed by atoms with Gasteiger partial charge >= 0.3 is 0 Å². The van der Waals surface area contributed by atoms with Gasteiger partial charge in [0, 0.05) is 0 Å². The van der Waals surface area contributed by atoms with Gasteiger partial charge in [0.1, 0.15) is 0 Å². The fraction of sp³-hybridized carbons (Fsp3) is 0.500. The van der Waals surface area contributed by atoms with Crippen molar-refractivity contribution in [2.75, 3.05) is 6.54 Å². The monoisotopic (exact) mass is 227 g/mol. The quantitative estimate of drug-likeness (QED) is 0.717. The Morgan fingerprint density at radius 2 is 2.00 bits per heavy atom. The predicted octanol–water partition coefficient (Wildman–Crippen LogP) is 3.90. The summed E-state index contributed by atoms with van der Waals surface area (Å²) in [4.78, 5) is 0. The van der Waals surface area contributed by atoms with Gasteiger partial charge < -0.3 is 5.32 Å². The largest absolute Gasteiger partial charge is 0.306 e. The molecule has 0 saturated heterocycles. The summed E-state index contributed by atoms with van der Waals surface area (Å²) < 4.78 is 0. The van der Waals surface area contributed by atoms with Crippen molar-refractivity contribution in [3.8, 4) is 0 Å². The van der Waals surface area contributed by atoms with Gasteiger partial charge in [0.05, 0.1) is 6.04 Å². The van der Waals surface area contributed by atoms with Gasteiger partial charge in [-0.3, -0.25) is 0 Å². The van der Waals surface area contributed by atoms with Crippen molar-refractivity contribution in [2.24, 2.45) is 0 Å². The first-order valence-electron chi connectivity index (χ1n) is 6.85. The van der Waals surface area contributed by atoms with E-state index in [1.54, 1.807) is 11.1 Å². The van der Waals surface area contributed by atoms with Crippen LogP contribution in [0.5, 0.6) is 0 Å². The summed E-state index contributed by atoms with van der Waals surface area (Å²) in [5.41, 5.74) is 6.28. The zero-order valence-electron chi connectivity index (χ0n) is 10.6. The van der Waals surface area contributed by atoms with Gasteiger partial charge in [-0.1, -0.05) is 35.4 Å². The lowest BCUT2D eigenvalue weighted by Crippen LogP contribution is -2.31. The number of hydrogen-bond donors (Lipinski definition) is 1. The minimum Gasteiger partial charge on any atom is -0.306 e. The maximum absolute atomic E-state index is 3.70. The number of aryl methyl sites for hydroxylation is 1. The molecule has 1 nitrogen and oxygen atoms in total. The average molecular weight is 227 g/mol. The molecule has 1 aliphatic carbocycles. The standard InChI is InChI=1S/C16H21N/c1-12-5-4-7-14(11-12)16-15-8-3-2-6-13(15)9-10-17-16/h4-5,7,11,16-17H,2-3,6,8-10H2,1H3. The fourth-order valence-corrected chi connectivity index (χ4v) is 3.28. The van der Waals surface area contributed by atoms with E-state index < -0.39 is 0 Å². The molecule has 0 radical (unpaired) electrons. The van der Waals surface area contributed by atoms with E-state index >= 15 is 0 Å². The third kappa shape index (κ3) is 2.16. The van der Waals surface area contributed by atoms with Crippen LogP contribution in [-0.2, 0) is 0 Å². The van der Waals surface area contributed by atoms with Gasteiger partial charge in [0.15, 0.2) is 0 Å². The molecular formula is C16H21N. The lowest BCUT2D eigenvalue weighted by atomic mass is 9.81. The molecule has 0 bridgehead atoms. The molecule has 0 fully saturated rings. The Bertz CT molecular complexity index is 441. The molecule has 1 unspecified atom stereocenters. The normalized spacial score (nSPS) is 24.6. The second kappa shape index (κ2) is 4.66. The van der Waals surface area contributed by atoms with Crippen LogP contribution in [0.3, 0.4) is 0 Å². The molecule has 0 amide bonds. The highest BCUT2D eigenvalue weighted by molar-refractivity contribution is 5.36. The second-order valence-electron chi connectivity index (χ2n) is 5.39. The summed E-state index contributed by atoms with van der Waals surface area (Å²) >= 11 is 0. The van der Waals surface area contributed by atoms with Crippen LogP contribution in [0.15, 0.2) is 35.4 Å². The smallest absolute Gasteiger partial charge is 0.0538 e. The third-order valence-corrected chi connectivity index (χ3v) is 4.13. The van der Waals surface area contributed by atoms with Crippen LogP contribution in [0.1, 0.15) is 49.3 Å². The zero-order chi connectivity index (χ0) is 11.7. The Morgan fingerprint density at radius 3 is 2.88 bits per heavy atom. The first-order valence-corrected chi connectivity index (χ1v) is 6.85. The van der Waals surface area contributed by atoms with Crippen LogP contribution in [-0.4, -0.2) is 6.54 Å². The average Bonchev–Trinajstić information content (AvgIpc) is 2.38. The number of benzene rings is 1. The molecule has 2 aliphatic rings. The Morgan fingerprint density at radius 1 is 1.12 bits per heavy atom.